The van der Waals surface area contributed by atoms with E-state index in [-0.39, 0.29) is 16.1 Å². The number of likely N-dealkylation sites (N-methyl/N-ethyl adjacent to an activating group) is 1. The smallest absolute Gasteiger partial charge is 0.268 e. The molecule has 0 spiro atoms. The number of benzene rings is 2. The van der Waals surface area contributed by atoms with Crippen molar-refractivity contribution in [3.63, 3.8) is 0 Å². The molecule has 1 fully saturated rings. The predicted molar refractivity (Wildman–Crippen MR) is 123 cm³/mol. The summed E-state index contributed by atoms with van der Waals surface area (Å²) in [4.78, 5) is 17.0. The third-order valence-corrected chi connectivity index (χ3v) is 7.74. The summed E-state index contributed by atoms with van der Waals surface area (Å²) in [6, 6.07) is 12.2. The Balaban J connectivity index is 1.83. The summed E-state index contributed by atoms with van der Waals surface area (Å²) in [5.74, 6) is -1.16. The van der Waals surface area contributed by atoms with E-state index in [1.807, 2.05) is 14.0 Å². The summed E-state index contributed by atoms with van der Waals surface area (Å²) < 4.78 is 43.0. The fraction of sp³-hybridized carbons (Fsp3) is 0.333. The highest BCUT2D eigenvalue weighted by Gasteiger charge is 2.27. The molecule has 1 saturated heterocycles. The number of rotatable bonds is 6. The van der Waals surface area contributed by atoms with Gasteiger partial charge in [0.1, 0.15) is 17.9 Å². The first-order valence-corrected chi connectivity index (χ1v) is 12.1. The summed E-state index contributed by atoms with van der Waals surface area (Å²) in [6.45, 7) is 5.63. The second kappa shape index (κ2) is 9.06. The zero-order valence-electron chi connectivity index (χ0n) is 18.6. The van der Waals surface area contributed by atoms with E-state index in [0.29, 0.717) is 17.5 Å². The minimum Gasteiger partial charge on any atom is -0.304 e. The summed E-state index contributed by atoms with van der Waals surface area (Å²) in [7, 11) is -2.15. The zero-order chi connectivity index (χ0) is 23.8. The number of Topliss-reactive ketones (excluding diaryl/α,β-unsaturated/α-hetero) is 1. The Hall–Kier alpha value is -3.06. The molecule has 0 atom stereocenters. The summed E-state index contributed by atoms with van der Waals surface area (Å²) in [5.41, 5.74) is 1.25. The average Bonchev–Trinajstić information content (AvgIpc) is 3.15. The predicted octanol–water partition coefficient (Wildman–Crippen LogP) is 3.17. The number of carbonyl (C=O) groups is 1. The van der Waals surface area contributed by atoms with Crippen molar-refractivity contribution in [3.8, 4) is 6.07 Å². The normalized spacial score (nSPS) is 15.6. The number of aromatic nitrogens is 1. The molecule has 0 unspecified atom stereocenters. The van der Waals surface area contributed by atoms with Gasteiger partial charge in [-0.15, -0.1) is 0 Å². The van der Waals surface area contributed by atoms with Gasteiger partial charge in [0, 0.05) is 43.7 Å². The summed E-state index contributed by atoms with van der Waals surface area (Å²) >= 11 is 0. The highest BCUT2D eigenvalue weighted by atomic mass is 32.2. The molecule has 1 aromatic heterocycles. The molecule has 3 aromatic rings. The van der Waals surface area contributed by atoms with Gasteiger partial charge in [0.2, 0.25) is 0 Å². The Morgan fingerprint density at radius 2 is 1.76 bits per heavy atom. The van der Waals surface area contributed by atoms with Crippen LogP contribution in [-0.4, -0.2) is 61.2 Å². The molecule has 9 heteroatoms. The lowest BCUT2D eigenvalue weighted by molar-refractivity contribution is 0.0992. The highest BCUT2D eigenvalue weighted by Crippen LogP contribution is 2.29. The maximum atomic E-state index is 15.2. The molecule has 0 aliphatic carbocycles. The topological polar surface area (TPSA) is 86.4 Å². The maximum absolute atomic E-state index is 15.2. The molecule has 4 rings (SSSR count). The Labute approximate surface area is 192 Å². The van der Waals surface area contributed by atoms with Crippen molar-refractivity contribution >= 4 is 26.7 Å². The standard InChI is InChI=1S/C24H25FN4O3S/c1-17-3-5-20(6-4-17)33(31,32)29-22-15-21(25)19(16-28-11-9-27(2)10-12-28)13-18(22)14-23(29)24(30)7-8-26/h3-6,13-15H,7,9-12,16H2,1-2H3. The Bertz CT molecular complexity index is 1350. The Morgan fingerprint density at radius 3 is 2.39 bits per heavy atom. The molecule has 2 heterocycles. The van der Waals surface area contributed by atoms with Gasteiger partial charge in [-0.1, -0.05) is 17.7 Å². The van der Waals surface area contributed by atoms with Gasteiger partial charge in [-0.25, -0.2) is 16.8 Å². The fourth-order valence-corrected chi connectivity index (χ4v) is 5.57. The van der Waals surface area contributed by atoms with Crippen molar-refractivity contribution in [2.24, 2.45) is 0 Å². The molecule has 0 saturated carbocycles. The number of hydrogen-bond donors (Lipinski definition) is 0. The molecular weight excluding hydrogens is 443 g/mol. The van der Waals surface area contributed by atoms with Gasteiger partial charge >= 0.3 is 0 Å². The van der Waals surface area contributed by atoms with Crippen LogP contribution in [0.15, 0.2) is 47.4 Å². The van der Waals surface area contributed by atoms with E-state index in [2.05, 4.69) is 9.80 Å². The fourth-order valence-electron chi connectivity index (χ4n) is 4.05. The molecule has 33 heavy (non-hydrogen) atoms. The number of aryl methyl sites for hydroxylation is 1. The molecule has 0 N–H and O–H groups in total. The van der Waals surface area contributed by atoms with Crippen LogP contribution in [0.2, 0.25) is 0 Å². The number of halogens is 1. The second-order valence-electron chi connectivity index (χ2n) is 8.45. The molecular formula is C24H25FN4O3S. The van der Waals surface area contributed by atoms with Gasteiger partial charge in [-0.2, -0.15) is 5.26 Å². The molecule has 0 radical (unpaired) electrons. The van der Waals surface area contributed by atoms with Crippen LogP contribution in [0.4, 0.5) is 4.39 Å². The number of fused-ring (bicyclic) bond motifs is 1. The first-order chi connectivity index (χ1) is 15.7. The van der Waals surface area contributed by atoms with Crippen LogP contribution >= 0.6 is 0 Å². The van der Waals surface area contributed by atoms with E-state index in [1.165, 1.54) is 24.3 Å². The van der Waals surface area contributed by atoms with Crippen molar-refractivity contribution in [1.82, 2.24) is 13.8 Å². The van der Waals surface area contributed by atoms with Gasteiger partial charge in [0.25, 0.3) is 10.0 Å². The van der Waals surface area contributed by atoms with E-state index in [9.17, 15) is 13.2 Å². The zero-order valence-corrected chi connectivity index (χ0v) is 19.4. The molecule has 0 amide bonds. The van der Waals surface area contributed by atoms with E-state index in [0.717, 1.165) is 35.7 Å². The molecule has 0 bridgehead atoms. The van der Waals surface area contributed by atoms with Crippen LogP contribution in [-0.2, 0) is 16.6 Å². The van der Waals surface area contributed by atoms with Crippen LogP contribution in [0.5, 0.6) is 0 Å². The molecule has 1 aliphatic heterocycles. The lowest BCUT2D eigenvalue weighted by Gasteiger charge is -2.32. The lowest BCUT2D eigenvalue weighted by Crippen LogP contribution is -2.44. The average molecular weight is 469 g/mol. The van der Waals surface area contributed by atoms with Gasteiger partial charge in [-0.05, 0) is 44.3 Å². The number of nitrogens with zero attached hydrogens (tertiary/aromatic N) is 4. The van der Waals surface area contributed by atoms with Crippen LogP contribution in [0, 0.1) is 24.1 Å². The number of piperazine rings is 1. The van der Waals surface area contributed by atoms with Gasteiger partial charge in [0.05, 0.1) is 16.5 Å². The number of nitriles is 1. The van der Waals surface area contributed by atoms with Gasteiger partial charge in [0.15, 0.2) is 5.78 Å². The van der Waals surface area contributed by atoms with E-state index in [4.69, 9.17) is 5.26 Å². The minimum absolute atomic E-state index is 0.0153. The Kier molecular flexibility index (Phi) is 6.34. The van der Waals surface area contributed by atoms with Gasteiger partial charge < -0.3 is 4.90 Å². The molecule has 2 aromatic carbocycles. The number of hydrogen-bond acceptors (Lipinski definition) is 6. The van der Waals surface area contributed by atoms with Crippen molar-refractivity contribution in [2.75, 3.05) is 33.2 Å². The van der Waals surface area contributed by atoms with Crippen LogP contribution in [0.1, 0.15) is 28.0 Å². The van der Waals surface area contributed by atoms with Crippen molar-refractivity contribution in [2.45, 2.75) is 24.8 Å². The molecule has 7 nitrogen and oxygen atoms in total. The quantitative estimate of drug-likeness (QED) is 0.517. The molecule has 1 aliphatic rings. The third kappa shape index (κ3) is 4.55. The van der Waals surface area contributed by atoms with Crippen molar-refractivity contribution < 1.29 is 17.6 Å². The van der Waals surface area contributed by atoms with E-state index in [1.54, 1.807) is 24.3 Å². The Morgan fingerprint density at radius 1 is 1.09 bits per heavy atom. The second-order valence-corrected chi connectivity index (χ2v) is 10.2. The minimum atomic E-state index is -4.19. The van der Waals surface area contributed by atoms with Gasteiger partial charge in [-0.3, -0.25) is 9.69 Å². The monoisotopic (exact) mass is 468 g/mol. The maximum Gasteiger partial charge on any atom is 0.268 e. The third-order valence-electron chi connectivity index (χ3n) is 6.00. The van der Waals surface area contributed by atoms with Crippen LogP contribution in [0.25, 0.3) is 10.9 Å². The van der Waals surface area contributed by atoms with Crippen LogP contribution in [0.3, 0.4) is 0 Å². The summed E-state index contributed by atoms with van der Waals surface area (Å²) in [5, 5.41) is 9.45. The molecule has 172 valence electrons. The van der Waals surface area contributed by atoms with Crippen molar-refractivity contribution in [3.05, 3.63) is 65.1 Å². The van der Waals surface area contributed by atoms with E-state index < -0.39 is 28.0 Å². The van der Waals surface area contributed by atoms with Crippen LogP contribution < -0.4 is 0 Å². The number of carbonyl (C=O) groups excluding carboxylic acids is 1. The highest BCUT2D eigenvalue weighted by molar-refractivity contribution is 7.90. The first kappa shape index (κ1) is 23.1. The number of ketones is 1. The largest absolute Gasteiger partial charge is 0.304 e. The first-order valence-electron chi connectivity index (χ1n) is 10.7. The summed E-state index contributed by atoms with van der Waals surface area (Å²) in [6.07, 6.45) is -0.476. The van der Waals surface area contributed by atoms with E-state index >= 15 is 4.39 Å². The SMILES string of the molecule is Cc1ccc(S(=O)(=O)n2c(C(=O)CC#N)cc3cc(CN4CCN(C)CC4)c(F)cc32)cc1. The van der Waals surface area contributed by atoms with Crippen molar-refractivity contribution in [1.29, 1.82) is 5.26 Å². The lowest BCUT2D eigenvalue weighted by atomic mass is 10.1.